The minimum Gasteiger partial charge on any atom is -0.482 e. The number of nitrogens with one attached hydrogen (secondary N) is 1. The van der Waals surface area contributed by atoms with Crippen molar-refractivity contribution >= 4 is 27.3 Å². The second-order valence-electron chi connectivity index (χ2n) is 6.58. The van der Waals surface area contributed by atoms with Crippen molar-refractivity contribution < 1.29 is 22.7 Å². The zero-order valence-corrected chi connectivity index (χ0v) is 16.2. The summed E-state index contributed by atoms with van der Waals surface area (Å²) in [4.78, 5) is 25.7. The molecule has 8 heteroatoms. The summed E-state index contributed by atoms with van der Waals surface area (Å²) in [7, 11) is -3.09. The Kier molecular flexibility index (Phi) is 6.63. The summed E-state index contributed by atoms with van der Waals surface area (Å²) >= 11 is 0. The van der Waals surface area contributed by atoms with Gasteiger partial charge in [-0.25, -0.2) is 8.42 Å². The van der Waals surface area contributed by atoms with Crippen LogP contribution in [-0.2, 0) is 19.4 Å². The van der Waals surface area contributed by atoms with Crippen molar-refractivity contribution in [3.8, 4) is 5.75 Å². The van der Waals surface area contributed by atoms with Gasteiger partial charge in [0.25, 0.3) is 5.91 Å². The fourth-order valence-electron chi connectivity index (χ4n) is 3.10. The highest BCUT2D eigenvalue weighted by molar-refractivity contribution is 7.91. The lowest BCUT2D eigenvalue weighted by atomic mass is 10.1. The SMILES string of the molecule is CC[C@@H](C)N(C(=O)COc1ccccc1NC(C)=O)[C@@H]1CCS(=O)(=O)C1. The molecule has 0 bridgehead atoms. The molecular weight excluding hydrogens is 356 g/mol. The first kappa shape index (κ1) is 20.2. The lowest BCUT2D eigenvalue weighted by molar-refractivity contribution is -0.137. The molecule has 144 valence electrons. The van der Waals surface area contributed by atoms with Crippen LogP contribution in [0.15, 0.2) is 24.3 Å². The Labute approximate surface area is 154 Å². The lowest BCUT2D eigenvalue weighted by Crippen LogP contribution is -2.48. The number of rotatable bonds is 7. The normalized spacial score (nSPS) is 19.6. The highest BCUT2D eigenvalue weighted by Gasteiger charge is 2.36. The molecule has 0 aromatic heterocycles. The van der Waals surface area contributed by atoms with Crippen LogP contribution in [-0.4, -0.2) is 55.3 Å². The molecule has 1 aromatic carbocycles. The van der Waals surface area contributed by atoms with Gasteiger partial charge in [0.15, 0.2) is 16.4 Å². The summed E-state index contributed by atoms with van der Waals surface area (Å²) in [6.45, 7) is 5.06. The first-order valence-corrected chi connectivity index (χ1v) is 10.6. The minimum atomic E-state index is -3.09. The number of hydrogen-bond donors (Lipinski definition) is 1. The van der Waals surface area contributed by atoms with Crippen molar-refractivity contribution in [3.63, 3.8) is 0 Å². The fourth-order valence-corrected chi connectivity index (χ4v) is 4.81. The molecule has 26 heavy (non-hydrogen) atoms. The summed E-state index contributed by atoms with van der Waals surface area (Å²) in [6, 6.07) is 6.49. The van der Waals surface area contributed by atoms with Gasteiger partial charge in [-0.1, -0.05) is 19.1 Å². The summed E-state index contributed by atoms with van der Waals surface area (Å²) < 4.78 is 29.2. The average molecular weight is 382 g/mol. The van der Waals surface area contributed by atoms with Gasteiger partial charge in [0.2, 0.25) is 5.91 Å². The molecule has 2 amide bonds. The van der Waals surface area contributed by atoms with Crippen LogP contribution in [0.25, 0.3) is 0 Å². The van der Waals surface area contributed by atoms with E-state index in [4.69, 9.17) is 4.74 Å². The molecule has 0 unspecified atom stereocenters. The van der Waals surface area contributed by atoms with Gasteiger partial charge >= 0.3 is 0 Å². The second kappa shape index (κ2) is 8.53. The zero-order chi connectivity index (χ0) is 19.3. The van der Waals surface area contributed by atoms with Gasteiger partial charge in [-0.05, 0) is 31.9 Å². The summed E-state index contributed by atoms with van der Waals surface area (Å²) in [5, 5.41) is 2.66. The van der Waals surface area contributed by atoms with E-state index in [9.17, 15) is 18.0 Å². The van der Waals surface area contributed by atoms with Crippen LogP contribution in [0.5, 0.6) is 5.75 Å². The van der Waals surface area contributed by atoms with E-state index in [2.05, 4.69) is 5.32 Å². The van der Waals surface area contributed by atoms with Gasteiger partial charge in [0, 0.05) is 19.0 Å². The van der Waals surface area contributed by atoms with E-state index >= 15 is 0 Å². The largest absolute Gasteiger partial charge is 0.482 e. The van der Waals surface area contributed by atoms with Crippen molar-refractivity contribution in [2.24, 2.45) is 0 Å². The van der Waals surface area contributed by atoms with Gasteiger partial charge < -0.3 is 15.0 Å². The van der Waals surface area contributed by atoms with E-state index in [1.54, 1.807) is 29.2 Å². The molecule has 1 heterocycles. The first-order valence-electron chi connectivity index (χ1n) is 8.74. The monoisotopic (exact) mass is 382 g/mol. The Balaban J connectivity index is 2.10. The maximum absolute atomic E-state index is 12.8. The van der Waals surface area contributed by atoms with Crippen molar-refractivity contribution in [2.75, 3.05) is 23.4 Å². The van der Waals surface area contributed by atoms with Crippen LogP contribution in [0.1, 0.15) is 33.6 Å². The Bertz CT molecular complexity index is 763. The fraction of sp³-hybridized carbons (Fsp3) is 0.556. The molecule has 2 atom stereocenters. The van der Waals surface area contributed by atoms with Gasteiger partial charge in [0.05, 0.1) is 17.2 Å². The van der Waals surface area contributed by atoms with Crippen LogP contribution in [0.2, 0.25) is 0 Å². The predicted octanol–water partition coefficient (Wildman–Crippen LogP) is 1.84. The summed E-state index contributed by atoms with van der Waals surface area (Å²) in [5.74, 6) is 0.0402. The van der Waals surface area contributed by atoms with E-state index in [1.165, 1.54) is 6.92 Å². The number of benzene rings is 1. The standard InChI is InChI=1S/C18H26N2O5S/c1-4-13(2)20(15-9-10-26(23,24)12-15)18(22)11-25-17-8-6-5-7-16(17)19-14(3)21/h5-8,13,15H,4,9-12H2,1-3H3,(H,19,21)/t13-,15-/m1/s1. The van der Waals surface area contributed by atoms with Crippen molar-refractivity contribution in [2.45, 2.75) is 45.7 Å². The van der Waals surface area contributed by atoms with Crippen molar-refractivity contribution in [1.82, 2.24) is 4.90 Å². The third-order valence-electron chi connectivity index (χ3n) is 4.50. The lowest BCUT2D eigenvalue weighted by Gasteiger charge is -2.33. The number of ether oxygens (including phenoxy) is 1. The quantitative estimate of drug-likeness (QED) is 0.777. The molecule has 0 radical (unpaired) electrons. The number of hydrogen-bond acceptors (Lipinski definition) is 5. The van der Waals surface area contributed by atoms with Crippen LogP contribution < -0.4 is 10.1 Å². The number of amides is 2. The molecule has 1 N–H and O–H groups in total. The smallest absolute Gasteiger partial charge is 0.261 e. The van der Waals surface area contributed by atoms with Crippen LogP contribution in [0.4, 0.5) is 5.69 Å². The molecule has 1 aliphatic heterocycles. The highest BCUT2D eigenvalue weighted by atomic mass is 32.2. The van der Waals surface area contributed by atoms with E-state index in [0.717, 1.165) is 6.42 Å². The highest BCUT2D eigenvalue weighted by Crippen LogP contribution is 2.25. The maximum atomic E-state index is 12.8. The molecule has 1 aromatic rings. The van der Waals surface area contributed by atoms with E-state index in [-0.39, 0.29) is 42.0 Å². The van der Waals surface area contributed by atoms with Crippen molar-refractivity contribution in [1.29, 1.82) is 0 Å². The topological polar surface area (TPSA) is 92.8 Å². The molecule has 1 aliphatic rings. The van der Waals surface area contributed by atoms with Gasteiger partial charge in [-0.15, -0.1) is 0 Å². The molecule has 2 rings (SSSR count). The van der Waals surface area contributed by atoms with Crippen LogP contribution >= 0.6 is 0 Å². The molecule has 0 spiro atoms. The summed E-state index contributed by atoms with van der Waals surface area (Å²) in [6.07, 6.45) is 1.19. The molecule has 0 saturated carbocycles. The Hall–Kier alpha value is -2.09. The number of sulfone groups is 1. The molecule has 1 fully saturated rings. The molecule has 0 aliphatic carbocycles. The predicted molar refractivity (Wildman–Crippen MR) is 99.9 cm³/mol. The third kappa shape index (κ3) is 5.20. The second-order valence-corrected chi connectivity index (χ2v) is 8.81. The average Bonchev–Trinajstić information content (AvgIpc) is 2.93. The third-order valence-corrected chi connectivity index (χ3v) is 6.25. The van der Waals surface area contributed by atoms with E-state index in [0.29, 0.717) is 17.9 Å². The number of anilines is 1. The maximum Gasteiger partial charge on any atom is 0.261 e. The van der Waals surface area contributed by atoms with E-state index in [1.807, 2.05) is 13.8 Å². The Morgan fingerprint density at radius 3 is 2.62 bits per heavy atom. The van der Waals surface area contributed by atoms with Gasteiger partial charge in [-0.2, -0.15) is 0 Å². The Morgan fingerprint density at radius 2 is 2.04 bits per heavy atom. The molecular formula is C18H26N2O5S. The first-order chi connectivity index (χ1) is 12.2. The Morgan fingerprint density at radius 1 is 1.35 bits per heavy atom. The molecule has 1 saturated heterocycles. The summed E-state index contributed by atoms with van der Waals surface area (Å²) in [5.41, 5.74) is 0.492. The number of carbonyl (C=O) groups is 2. The zero-order valence-electron chi connectivity index (χ0n) is 15.4. The van der Waals surface area contributed by atoms with Crippen LogP contribution in [0, 0.1) is 0 Å². The van der Waals surface area contributed by atoms with Gasteiger partial charge in [0.1, 0.15) is 5.75 Å². The number of para-hydroxylation sites is 2. The molecule has 7 nitrogen and oxygen atoms in total. The minimum absolute atomic E-state index is 0.00551. The van der Waals surface area contributed by atoms with Crippen molar-refractivity contribution in [3.05, 3.63) is 24.3 Å². The number of carbonyl (C=O) groups excluding carboxylic acids is 2. The van der Waals surface area contributed by atoms with Crippen LogP contribution in [0.3, 0.4) is 0 Å². The van der Waals surface area contributed by atoms with E-state index < -0.39 is 9.84 Å². The van der Waals surface area contributed by atoms with Gasteiger partial charge in [-0.3, -0.25) is 9.59 Å². The number of nitrogens with zero attached hydrogens (tertiary/aromatic N) is 1.